The summed E-state index contributed by atoms with van der Waals surface area (Å²) in [5.74, 6) is 0. The third kappa shape index (κ3) is 1.64. The maximum atomic E-state index is 9.69. The summed E-state index contributed by atoms with van der Waals surface area (Å²) in [5.41, 5.74) is 4.45. The molecule has 12 heavy (non-hydrogen) atoms. The Morgan fingerprint density at radius 3 is 2.25 bits per heavy atom. The molecule has 0 spiro atoms. The maximum absolute atomic E-state index is 9.69. The molecule has 0 aliphatic rings. The fraction of sp³-hybridized carbons (Fsp3) is 0.333. The zero-order chi connectivity index (χ0) is 9.19. The first-order valence-electron chi connectivity index (χ1n) is 3.76. The van der Waals surface area contributed by atoms with Gasteiger partial charge < -0.3 is 15.9 Å². The van der Waals surface area contributed by atoms with E-state index in [1.54, 1.807) is 24.3 Å². The molecule has 0 aliphatic carbocycles. The summed E-state index contributed by atoms with van der Waals surface area (Å²) in [7, 11) is 0. The average Bonchev–Trinajstić information content (AvgIpc) is 2.06. The summed E-state index contributed by atoms with van der Waals surface area (Å²) in [6.07, 6.45) is -1.26. The minimum atomic E-state index is -1.37. The third-order valence-electron chi connectivity index (χ3n) is 1.93. The SMILES string of the molecule is CC(O)(c1ccccc1)C(N)O. The number of hydrogen-bond acceptors (Lipinski definition) is 3. The smallest absolute Gasteiger partial charge is 0.135 e. The number of benzene rings is 1. The van der Waals surface area contributed by atoms with Crippen LogP contribution in [0.5, 0.6) is 0 Å². The molecule has 2 atom stereocenters. The molecule has 0 fully saturated rings. The molecule has 1 rings (SSSR count). The highest BCUT2D eigenvalue weighted by molar-refractivity contribution is 5.22. The van der Waals surface area contributed by atoms with Crippen LogP contribution in [0.2, 0.25) is 0 Å². The molecule has 0 heterocycles. The molecular weight excluding hydrogens is 154 g/mol. The van der Waals surface area contributed by atoms with Gasteiger partial charge in [-0.1, -0.05) is 30.3 Å². The molecular formula is C9H13NO2. The van der Waals surface area contributed by atoms with Crippen molar-refractivity contribution >= 4 is 0 Å². The molecule has 1 aromatic carbocycles. The Morgan fingerprint density at radius 2 is 1.83 bits per heavy atom. The molecule has 4 N–H and O–H groups in total. The van der Waals surface area contributed by atoms with Crippen molar-refractivity contribution in [3.05, 3.63) is 35.9 Å². The van der Waals surface area contributed by atoms with Crippen molar-refractivity contribution in [2.75, 3.05) is 0 Å². The fourth-order valence-corrected chi connectivity index (χ4v) is 0.946. The Bertz CT molecular complexity index is 244. The second kappa shape index (κ2) is 3.23. The van der Waals surface area contributed by atoms with Crippen LogP contribution in [0.15, 0.2) is 30.3 Å². The second-order valence-electron chi connectivity index (χ2n) is 2.96. The van der Waals surface area contributed by atoms with Gasteiger partial charge in [0.1, 0.15) is 11.8 Å². The Morgan fingerprint density at radius 1 is 1.33 bits per heavy atom. The molecule has 66 valence electrons. The zero-order valence-corrected chi connectivity index (χ0v) is 6.94. The summed E-state index contributed by atoms with van der Waals surface area (Å²) in [4.78, 5) is 0. The molecule has 0 amide bonds. The minimum absolute atomic E-state index is 0.611. The Kier molecular flexibility index (Phi) is 2.47. The van der Waals surface area contributed by atoms with Crippen LogP contribution in [0.25, 0.3) is 0 Å². The minimum Gasteiger partial charge on any atom is -0.381 e. The third-order valence-corrected chi connectivity index (χ3v) is 1.93. The van der Waals surface area contributed by atoms with E-state index in [4.69, 9.17) is 10.8 Å². The van der Waals surface area contributed by atoms with Crippen LogP contribution in [0.1, 0.15) is 12.5 Å². The van der Waals surface area contributed by atoms with Crippen molar-refractivity contribution in [1.29, 1.82) is 0 Å². The molecule has 3 heteroatoms. The van der Waals surface area contributed by atoms with Crippen molar-refractivity contribution < 1.29 is 10.2 Å². The predicted molar refractivity (Wildman–Crippen MR) is 46.2 cm³/mol. The van der Waals surface area contributed by atoms with E-state index < -0.39 is 11.8 Å². The lowest BCUT2D eigenvalue weighted by Crippen LogP contribution is -2.42. The van der Waals surface area contributed by atoms with Gasteiger partial charge in [-0.15, -0.1) is 0 Å². The van der Waals surface area contributed by atoms with Gasteiger partial charge in [-0.3, -0.25) is 0 Å². The van der Waals surface area contributed by atoms with Crippen LogP contribution < -0.4 is 5.73 Å². The van der Waals surface area contributed by atoms with Gasteiger partial charge in [0.15, 0.2) is 0 Å². The highest BCUT2D eigenvalue weighted by Crippen LogP contribution is 2.21. The first-order chi connectivity index (χ1) is 5.55. The van der Waals surface area contributed by atoms with Crippen LogP contribution in [0.3, 0.4) is 0 Å². The van der Waals surface area contributed by atoms with Crippen LogP contribution in [0, 0.1) is 0 Å². The lowest BCUT2D eigenvalue weighted by molar-refractivity contribution is -0.0632. The molecule has 0 saturated heterocycles. The summed E-state index contributed by atoms with van der Waals surface area (Å²) in [6, 6.07) is 8.84. The standard InChI is InChI=1S/C9H13NO2/c1-9(12,8(10)11)7-5-3-2-4-6-7/h2-6,8,11-12H,10H2,1H3. The Hall–Kier alpha value is -0.900. The van der Waals surface area contributed by atoms with Crippen molar-refractivity contribution in [3.63, 3.8) is 0 Å². The van der Waals surface area contributed by atoms with Gasteiger partial charge in [0.05, 0.1) is 0 Å². The molecule has 0 aliphatic heterocycles. The number of rotatable bonds is 2. The molecule has 0 bridgehead atoms. The van der Waals surface area contributed by atoms with Gasteiger partial charge in [0.25, 0.3) is 0 Å². The Balaban J connectivity index is 2.98. The van der Waals surface area contributed by atoms with Gasteiger partial charge in [0.2, 0.25) is 0 Å². The highest BCUT2D eigenvalue weighted by Gasteiger charge is 2.28. The lowest BCUT2D eigenvalue weighted by Gasteiger charge is -2.26. The summed E-state index contributed by atoms with van der Waals surface area (Å²) in [5, 5.41) is 18.7. The predicted octanol–water partition coefficient (Wildman–Crippen LogP) is 0.171. The zero-order valence-electron chi connectivity index (χ0n) is 6.94. The van der Waals surface area contributed by atoms with E-state index >= 15 is 0 Å². The van der Waals surface area contributed by atoms with Gasteiger partial charge in [-0.05, 0) is 12.5 Å². The molecule has 0 radical (unpaired) electrons. The highest BCUT2D eigenvalue weighted by atomic mass is 16.3. The number of aliphatic hydroxyl groups is 2. The van der Waals surface area contributed by atoms with Crippen LogP contribution in [-0.2, 0) is 5.60 Å². The van der Waals surface area contributed by atoms with Gasteiger partial charge in [-0.25, -0.2) is 0 Å². The molecule has 3 nitrogen and oxygen atoms in total. The van der Waals surface area contributed by atoms with E-state index in [0.717, 1.165) is 0 Å². The van der Waals surface area contributed by atoms with Gasteiger partial charge >= 0.3 is 0 Å². The largest absolute Gasteiger partial charge is 0.381 e. The number of nitrogens with two attached hydrogens (primary N) is 1. The van der Waals surface area contributed by atoms with Crippen molar-refractivity contribution in [2.24, 2.45) is 5.73 Å². The van der Waals surface area contributed by atoms with E-state index in [9.17, 15) is 5.11 Å². The normalized spacial score (nSPS) is 18.3. The van der Waals surface area contributed by atoms with Gasteiger partial charge in [0, 0.05) is 0 Å². The fourth-order valence-electron chi connectivity index (χ4n) is 0.946. The molecule has 1 aromatic rings. The Labute approximate surface area is 71.5 Å². The summed E-state index contributed by atoms with van der Waals surface area (Å²) in [6.45, 7) is 1.48. The van der Waals surface area contributed by atoms with Crippen molar-refractivity contribution in [3.8, 4) is 0 Å². The van der Waals surface area contributed by atoms with Crippen LogP contribution in [-0.4, -0.2) is 16.4 Å². The van der Waals surface area contributed by atoms with E-state index in [1.807, 2.05) is 6.07 Å². The molecule has 0 saturated carbocycles. The first kappa shape index (κ1) is 9.19. The quantitative estimate of drug-likeness (QED) is 0.550. The molecule has 2 unspecified atom stereocenters. The van der Waals surface area contributed by atoms with Crippen molar-refractivity contribution in [2.45, 2.75) is 18.8 Å². The van der Waals surface area contributed by atoms with Crippen molar-refractivity contribution in [1.82, 2.24) is 0 Å². The average molecular weight is 167 g/mol. The van der Waals surface area contributed by atoms with E-state index in [2.05, 4.69) is 0 Å². The van der Waals surface area contributed by atoms with E-state index in [0.29, 0.717) is 5.56 Å². The van der Waals surface area contributed by atoms with Crippen LogP contribution in [0.4, 0.5) is 0 Å². The lowest BCUT2D eigenvalue weighted by atomic mass is 9.95. The second-order valence-corrected chi connectivity index (χ2v) is 2.96. The number of hydrogen-bond donors (Lipinski definition) is 3. The maximum Gasteiger partial charge on any atom is 0.135 e. The summed E-state index contributed by atoms with van der Waals surface area (Å²) < 4.78 is 0. The molecule has 0 aromatic heterocycles. The van der Waals surface area contributed by atoms with E-state index in [-0.39, 0.29) is 0 Å². The monoisotopic (exact) mass is 167 g/mol. The van der Waals surface area contributed by atoms with Gasteiger partial charge in [-0.2, -0.15) is 0 Å². The topological polar surface area (TPSA) is 66.5 Å². The first-order valence-corrected chi connectivity index (χ1v) is 3.76. The number of aliphatic hydroxyl groups excluding tert-OH is 1. The summed E-state index contributed by atoms with van der Waals surface area (Å²) >= 11 is 0. The van der Waals surface area contributed by atoms with Crippen LogP contribution >= 0.6 is 0 Å². The van der Waals surface area contributed by atoms with E-state index in [1.165, 1.54) is 6.92 Å².